The molecule has 0 spiro atoms. The highest BCUT2D eigenvalue weighted by Crippen LogP contribution is 2.19. The van der Waals surface area contributed by atoms with E-state index in [0.717, 1.165) is 69.3 Å². The van der Waals surface area contributed by atoms with Crippen molar-refractivity contribution in [2.75, 3.05) is 27.2 Å². The first kappa shape index (κ1) is 24.2. The van der Waals surface area contributed by atoms with Crippen LogP contribution in [0.2, 0.25) is 0 Å². The van der Waals surface area contributed by atoms with E-state index in [4.69, 9.17) is 4.74 Å². The van der Waals surface area contributed by atoms with Gasteiger partial charge in [-0.1, -0.05) is 17.7 Å². The van der Waals surface area contributed by atoms with Gasteiger partial charge in [0.15, 0.2) is 5.96 Å². The largest absolute Gasteiger partial charge is 0.496 e. The van der Waals surface area contributed by atoms with Crippen molar-refractivity contribution in [2.45, 2.75) is 52.1 Å². The fraction of sp³-hybridized carbons (Fsp3) is 0.571. The summed E-state index contributed by atoms with van der Waals surface area (Å²) in [5, 5.41) is 11.1. The Morgan fingerprint density at radius 2 is 2.07 bits per heavy atom. The number of guanidine groups is 1. The number of methoxy groups -OCH3 is 1. The van der Waals surface area contributed by atoms with Crippen LogP contribution < -0.4 is 21.1 Å². The molecule has 0 bridgehead atoms. The highest BCUT2D eigenvalue weighted by atomic mass is 127. The summed E-state index contributed by atoms with van der Waals surface area (Å²) in [6.45, 7) is 4.98. The second kappa shape index (κ2) is 12.0. The zero-order chi connectivity index (χ0) is 20.6. The van der Waals surface area contributed by atoms with Crippen LogP contribution in [0.5, 0.6) is 5.75 Å². The maximum atomic E-state index is 12.3. The van der Waals surface area contributed by atoms with Gasteiger partial charge in [-0.05, 0) is 44.2 Å². The van der Waals surface area contributed by atoms with Crippen LogP contribution >= 0.6 is 24.0 Å². The number of aliphatic imine (C=N–C) groups is 1. The van der Waals surface area contributed by atoms with Crippen LogP contribution in [0.25, 0.3) is 0 Å². The van der Waals surface area contributed by atoms with Crippen molar-refractivity contribution in [1.29, 1.82) is 0 Å². The van der Waals surface area contributed by atoms with E-state index in [-0.39, 0.29) is 29.7 Å². The molecule has 2 aromatic rings. The quantitative estimate of drug-likeness (QED) is 0.237. The molecule has 0 radical (unpaired) electrons. The Morgan fingerprint density at radius 3 is 2.80 bits per heavy atom. The monoisotopic (exact) mass is 528 g/mol. The molecule has 2 heterocycles. The molecule has 0 aliphatic carbocycles. The number of aromatic nitrogens is 3. The molecule has 0 amide bonds. The van der Waals surface area contributed by atoms with Gasteiger partial charge in [0.2, 0.25) is 0 Å². The van der Waals surface area contributed by atoms with Crippen molar-refractivity contribution in [3.63, 3.8) is 0 Å². The first-order chi connectivity index (χ1) is 14.1. The maximum Gasteiger partial charge on any atom is 0.345 e. The highest BCUT2D eigenvalue weighted by Gasteiger charge is 2.16. The average Bonchev–Trinajstić information content (AvgIpc) is 3.06. The van der Waals surface area contributed by atoms with Crippen molar-refractivity contribution < 1.29 is 4.74 Å². The van der Waals surface area contributed by atoms with Gasteiger partial charge in [0.1, 0.15) is 11.6 Å². The number of ether oxygens (including phenoxy) is 1. The van der Waals surface area contributed by atoms with Gasteiger partial charge in [0.05, 0.1) is 7.11 Å². The minimum absolute atomic E-state index is 0. The standard InChI is InChI=1S/C21H32N6O2.HI/c1-16-8-9-18(29-3)17(15-16)10-12-24-20(22-2)23-11-6-14-27-21(28)26-13-5-4-7-19(26)25-27;/h8-9,15H,4-7,10-14H2,1-3H3,(H2,22,23,24);1H. The molecule has 1 aliphatic heterocycles. The zero-order valence-corrected chi connectivity index (χ0v) is 20.4. The molecule has 0 saturated heterocycles. The van der Waals surface area contributed by atoms with E-state index in [9.17, 15) is 4.79 Å². The average molecular weight is 528 g/mol. The predicted octanol–water partition coefficient (Wildman–Crippen LogP) is 2.11. The number of halogens is 1. The van der Waals surface area contributed by atoms with Crippen molar-refractivity contribution in [3.8, 4) is 5.75 Å². The van der Waals surface area contributed by atoms with Crippen LogP contribution in [0, 0.1) is 6.92 Å². The third-order valence-corrected chi connectivity index (χ3v) is 5.22. The van der Waals surface area contributed by atoms with E-state index in [1.54, 1.807) is 18.8 Å². The molecule has 1 aliphatic rings. The Morgan fingerprint density at radius 1 is 1.27 bits per heavy atom. The summed E-state index contributed by atoms with van der Waals surface area (Å²) in [5.41, 5.74) is 2.42. The van der Waals surface area contributed by atoms with Crippen LogP contribution in [-0.4, -0.2) is 47.6 Å². The smallest absolute Gasteiger partial charge is 0.345 e. The van der Waals surface area contributed by atoms with Gasteiger partial charge in [0.25, 0.3) is 0 Å². The Kier molecular flexibility index (Phi) is 9.67. The van der Waals surface area contributed by atoms with Crippen LogP contribution in [0.3, 0.4) is 0 Å². The Hall–Kier alpha value is -2.04. The molecule has 0 unspecified atom stereocenters. The molecule has 0 atom stereocenters. The number of aryl methyl sites for hydroxylation is 3. The summed E-state index contributed by atoms with van der Waals surface area (Å²) in [4.78, 5) is 16.6. The molecule has 0 fully saturated rings. The van der Waals surface area contributed by atoms with Gasteiger partial charge in [-0.3, -0.25) is 9.56 Å². The molecule has 1 aromatic carbocycles. The number of nitrogens with one attached hydrogen (secondary N) is 2. The van der Waals surface area contributed by atoms with Crippen molar-refractivity contribution in [2.24, 2.45) is 4.99 Å². The minimum Gasteiger partial charge on any atom is -0.496 e. The maximum absolute atomic E-state index is 12.3. The molecular formula is C21H33IN6O2. The highest BCUT2D eigenvalue weighted by molar-refractivity contribution is 14.0. The van der Waals surface area contributed by atoms with Gasteiger partial charge in [-0.2, -0.15) is 5.10 Å². The predicted molar refractivity (Wildman–Crippen MR) is 130 cm³/mol. The summed E-state index contributed by atoms with van der Waals surface area (Å²) in [7, 11) is 3.46. The van der Waals surface area contributed by atoms with E-state index >= 15 is 0 Å². The lowest BCUT2D eigenvalue weighted by atomic mass is 10.1. The van der Waals surface area contributed by atoms with Crippen molar-refractivity contribution >= 4 is 29.9 Å². The van der Waals surface area contributed by atoms with Crippen molar-refractivity contribution in [1.82, 2.24) is 25.0 Å². The Balaban J connectivity index is 0.00000320. The lowest BCUT2D eigenvalue weighted by Gasteiger charge is -2.13. The molecule has 8 nitrogen and oxygen atoms in total. The van der Waals surface area contributed by atoms with Gasteiger partial charge in [-0.25, -0.2) is 9.48 Å². The molecule has 0 saturated carbocycles. The molecule has 30 heavy (non-hydrogen) atoms. The fourth-order valence-corrected chi connectivity index (χ4v) is 3.67. The summed E-state index contributed by atoms with van der Waals surface area (Å²) in [6, 6.07) is 6.21. The Labute approximate surface area is 195 Å². The first-order valence-corrected chi connectivity index (χ1v) is 10.4. The van der Waals surface area contributed by atoms with Gasteiger partial charge < -0.3 is 15.4 Å². The van der Waals surface area contributed by atoms with E-state index in [1.807, 2.05) is 10.6 Å². The molecule has 9 heteroatoms. The molecule has 1 aromatic heterocycles. The van der Waals surface area contributed by atoms with Gasteiger partial charge >= 0.3 is 5.69 Å². The number of benzene rings is 1. The Bertz CT molecular complexity index is 905. The van der Waals surface area contributed by atoms with E-state index < -0.39 is 0 Å². The first-order valence-electron chi connectivity index (χ1n) is 10.4. The SMILES string of the molecule is CN=C(NCCCn1nc2n(c1=O)CCCC2)NCCc1cc(C)ccc1OC.I. The van der Waals surface area contributed by atoms with Crippen LogP contribution in [0.1, 0.15) is 36.2 Å². The van der Waals surface area contributed by atoms with Crippen LogP contribution in [0.4, 0.5) is 0 Å². The van der Waals surface area contributed by atoms with Crippen LogP contribution in [-0.2, 0) is 25.9 Å². The van der Waals surface area contributed by atoms with E-state index in [1.165, 1.54) is 11.1 Å². The van der Waals surface area contributed by atoms with Gasteiger partial charge in [0, 0.05) is 39.6 Å². The van der Waals surface area contributed by atoms with Crippen molar-refractivity contribution in [3.05, 3.63) is 45.6 Å². The summed E-state index contributed by atoms with van der Waals surface area (Å²) in [6.07, 6.45) is 4.75. The molecular weight excluding hydrogens is 495 g/mol. The molecule has 166 valence electrons. The number of rotatable bonds is 8. The minimum atomic E-state index is 0. The summed E-state index contributed by atoms with van der Waals surface area (Å²) < 4.78 is 8.85. The van der Waals surface area contributed by atoms with Gasteiger partial charge in [-0.15, -0.1) is 24.0 Å². The summed E-state index contributed by atoms with van der Waals surface area (Å²) in [5.74, 6) is 2.60. The van der Waals surface area contributed by atoms with E-state index in [0.29, 0.717) is 6.54 Å². The molecule has 2 N–H and O–H groups in total. The van der Waals surface area contributed by atoms with E-state index in [2.05, 4.69) is 39.8 Å². The zero-order valence-electron chi connectivity index (χ0n) is 18.1. The topological polar surface area (TPSA) is 85.5 Å². The normalized spacial score (nSPS) is 13.4. The number of hydrogen-bond donors (Lipinski definition) is 2. The number of nitrogens with zero attached hydrogens (tertiary/aromatic N) is 4. The third-order valence-electron chi connectivity index (χ3n) is 5.22. The number of hydrogen-bond acceptors (Lipinski definition) is 4. The molecule has 3 rings (SSSR count). The second-order valence-electron chi connectivity index (χ2n) is 7.38. The second-order valence-corrected chi connectivity index (χ2v) is 7.38. The fourth-order valence-electron chi connectivity index (χ4n) is 3.67. The lowest BCUT2D eigenvalue weighted by Crippen LogP contribution is -2.39. The van der Waals surface area contributed by atoms with Crippen LogP contribution in [0.15, 0.2) is 28.0 Å². The number of fused-ring (bicyclic) bond motifs is 1. The summed E-state index contributed by atoms with van der Waals surface area (Å²) >= 11 is 0. The lowest BCUT2D eigenvalue weighted by molar-refractivity contribution is 0.409. The third kappa shape index (κ3) is 6.23.